The molecule has 21 heavy (non-hydrogen) atoms. The van der Waals surface area contributed by atoms with Gasteiger partial charge in [-0.15, -0.1) is 0 Å². The molecule has 0 saturated carbocycles. The molecule has 0 fully saturated rings. The zero-order valence-electron chi connectivity index (χ0n) is 12.0. The highest BCUT2D eigenvalue weighted by molar-refractivity contribution is 6.35. The van der Waals surface area contributed by atoms with Crippen molar-refractivity contribution in [1.29, 1.82) is 0 Å². The Bertz CT molecular complexity index is 601. The summed E-state index contributed by atoms with van der Waals surface area (Å²) >= 11 is 11.9. The van der Waals surface area contributed by atoms with Crippen molar-refractivity contribution >= 4 is 23.2 Å². The summed E-state index contributed by atoms with van der Waals surface area (Å²) in [6, 6.07) is 13.2. The van der Waals surface area contributed by atoms with Gasteiger partial charge < -0.3 is 5.32 Å². The van der Waals surface area contributed by atoms with E-state index in [-0.39, 0.29) is 17.1 Å². The molecule has 2 unspecified atom stereocenters. The van der Waals surface area contributed by atoms with E-state index in [1.807, 2.05) is 25.1 Å². The van der Waals surface area contributed by atoms with Crippen LogP contribution in [0, 0.1) is 5.82 Å². The standard InChI is InChI=1S/C17H18Cl2FN/c1-3-17(12-7-5-4-6-8-12)21-11(2)13-9-16(20)15(19)10-14(13)18/h4-11,17,21H,3H2,1-2H3. The molecule has 0 aliphatic carbocycles. The van der Waals surface area contributed by atoms with Crippen LogP contribution >= 0.6 is 23.2 Å². The molecule has 0 bridgehead atoms. The Labute approximate surface area is 135 Å². The lowest BCUT2D eigenvalue weighted by atomic mass is 10.0. The van der Waals surface area contributed by atoms with Gasteiger partial charge in [0.1, 0.15) is 5.82 Å². The van der Waals surface area contributed by atoms with E-state index in [1.54, 1.807) is 0 Å². The summed E-state index contributed by atoms with van der Waals surface area (Å²) < 4.78 is 13.6. The van der Waals surface area contributed by atoms with Gasteiger partial charge in [-0.3, -0.25) is 0 Å². The van der Waals surface area contributed by atoms with E-state index < -0.39 is 5.82 Å². The molecule has 0 amide bonds. The van der Waals surface area contributed by atoms with Gasteiger partial charge in [-0.2, -0.15) is 0 Å². The minimum atomic E-state index is -0.447. The quantitative estimate of drug-likeness (QED) is 0.671. The molecule has 0 radical (unpaired) electrons. The number of hydrogen-bond donors (Lipinski definition) is 1. The zero-order valence-corrected chi connectivity index (χ0v) is 13.5. The van der Waals surface area contributed by atoms with Crippen molar-refractivity contribution < 1.29 is 4.39 Å². The lowest BCUT2D eigenvalue weighted by molar-refractivity contribution is 0.455. The third kappa shape index (κ3) is 3.97. The van der Waals surface area contributed by atoms with Gasteiger partial charge in [0.15, 0.2) is 0 Å². The third-order valence-corrected chi connectivity index (χ3v) is 4.18. The monoisotopic (exact) mass is 325 g/mol. The molecule has 0 spiro atoms. The molecule has 2 rings (SSSR count). The van der Waals surface area contributed by atoms with Crippen LogP contribution in [0.2, 0.25) is 10.0 Å². The van der Waals surface area contributed by atoms with Gasteiger partial charge in [-0.05, 0) is 36.6 Å². The first-order chi connectivity index (χ1) is 10.0. The van der Waals surface area contributed by atoms with Crippen molar-refractivity contribution in [1.82, 2.24) is 5.32 Å². The number of rotatable bonds is 5. The van der Waals surface area contributed by atoms with Crippen LogP contribution in [-0.2, 0) is 0 Å². The van der Waals surface area contributed by atoms with Crippen LogP contribution in [0.5, 0.6) is 0 Å². The largest absolute Gasteiger partial charge is 0.303 e. The Hall–Kier alpha value is -1.09. The molecule has 0 aromatic heterocycles. The Balaban J connectivity index is 2.20. The Morgan fingerprint density at radius 3 is 2.38 bits per heavy atom. The van der Waals surface area contributed by atoms with Crippen molar-refractivity contribution in [3.63, 3.8) is 0 Å². The second-order valence-corrected chi connectivity index (χ2v) is 5.86. The second kappa shape index (κ2) is 7.26. The molecular formula is C17H18Cl2FN. The summed E-state index contributed by atoms with van der Waals surface area (Å²) in [7, 11) is 0. The predicted molar refractivity (Wildman–Crippen MR) is 87.4 cm³/mol. The first-order valence-electron chi connectivity index (χ1n) is 6.98. The van der Waals surface area contributed by atoms with Crippen LogP contribution in [0.1, 0.15) is 43.5 Å². The third-order valence-electron chi connectivity index (χ3n) is 3.57. The van der Waals surface area contributed by atoms with E-state index in [1.165, 1.54) is 17.7 Å². The van der Waals surface area contributed by atoms with Gasteiger partial charge >= 0.3 is 0 Å². The fourth-order valence-corrected chi connectivity index (χ4v) is 2.94. The average Bonchev–Trinajstić information content (AvgIpc) is 2.49. The van der Waals surface area contributed by atoms with Gasteiger partial charge in [-0.1, -0.05) is 60.5 Å². The normalized spacial score (nSPS) is 14.0. The van der Waals surface area contributed by atoms with Crippen molar-refractivity contribution in [3.8, 4) is 0 Å². The van der Waals surface area contributed by atoms with Crippen molar-refractivity contribution in [2.45, 2.75) is 32.4 Å². The molecule has 1 nitrogen and oxygen atoms in total. The topological polar surface area (TPSA) is 12.0 Å². The molecule has 1 N–H and O–H groups in total. The first kappa shape index (κ1) is 16.3. The van der Waals surface area contributed by atoms with Gasteiger partial charge in [0.25, 0.3) is 0 Å². The van der Waals surface area contributed by atoms with E-state index >= 15 is 0 Å². The van der Waals surface area contributed by atoms with E-state index in [2.05, 4.69) is 24.4 Å². The second-order valence-electron chi connectivity index (χ2n) is 5.05. The molecular weight excluding hydrogens is 308 g/mol. The number of nitrogens with one attached hydrogen (secondary N) is 1. The van der Waals surface area contributed by atoms with Gasteiger partial charge in [-0.25, -0.2) is 4.39 Å². The summed E-state index contributed by atoms with van der Waals surface area (Å²) in [4.78, 5) is 0. The minimum absolute atomic E-state index is 0.0473. The average molecular weight is 326 g/mol. The number of benzene rings is 2. The van der Waals surface area contributed by atoms with E-state index in [0.29, 0.717) is 10.6 Å². The summed E-state index contributed by atoms with van der Waals surface area (Å²) in [6.07, 6.45) is 0.933. The van der Waals surface area contributed by atoms with Crippen LogP contribution in [0.4, 0.5) is 4.39 Å². The van der Waals surface area contributed by atoms with Crippen LogP contribution in [0.15, 0.2) is 42.5 Å². The maximum atomic E-state index is 13.6. The summed E-state index contributed by atoms with van der Waals surface area (Å²) in [5.41, 5.74) is 1.92. The molecule has 112 valence electrons. The summed E-state index contributed by atoms with van der Waals surface area (Å²) in [5, 5.41) is 4.02. The lowest BCUT2D eigenvalue weighted by Crippen LogP contribution is -2.24. The smallest absolute Gasteiger partial charge is 0.142 e. The van der Waals surface area contributed by atoms with Gasteiger partial charge in [0.05, 0.1) is 5.02 Å². The molecule has 0 heterocycles. The lowest BCUT2D eigenvalue weighted by Gasteiger charge is -2.24. The highest BCUT2D eigenvalue weighted by Gasteiger charge is 2.17. The molecule has 2 atom stereocenters. The van der Waals surface area contributed by atoms with Gasteiger partial charge in [0, 0.05) is 17.1 Å². The summed E-state index contributed by atoms with van der Waals surface area (Å²) in [6.45, 7) is 4.08. The highest BCUT2D eigenvalue weighted by Crippen LogP contribution is 2.30. The van der Waals surface area contributed by atoms with Crippen molar-refractivity contribution in [2.24, 2.45) is 0 Å². The Kier molecular flexibility index (Phi) is 5.63. The molecule has 0 aliphatic heterocycles. The molecule has 2 aromatic rings. The zero-order chi connectivity index (χ0) is 15.4. The van der Waals surface area contributed by atoms with Crippen molar-refractivity contribution in [2.75, 3.05) is 0 Å². The predicted octanol–water partition coefficient (Wildman–Crippen LogP) is 5.93. The fourth-order valence-electron chi connectivity index (χ4n) is 2.40. The van der Waals surface area contributed by atoms with Crippen molar-refractivity contribution in [3.05, 3.63) is 69.5 Å². The molecule has 4 heteroatoms. The number of halogens is 3. The van der Waals surface area contributed by atoms with Crippen LogP contribution < -0.4 is 5.32 Å². The van der Waals surface area contributed by atoms with Gasteiger partial charge in [0.2, 0.25) is 0 Å². The first-order valence-corrected chi connectivity index (χ1v) is 7.74. The minimum Gasteiger partial charge on any atom is -0.303 e. The van der Waals surface area contributed by atoms with Crippen LogP contribution in [0.3, 0.4) is 0 Å². The van der Waals surface area contributed by atoms with E-state index in [0.717, 1.165) is 6.42 Å². The Morgan fingerprint density at radius 2 is 1.76 bits per heavy atom. The molecule has 2 aromatic carbocycles. The maximum absolute atomic E-state index is 13.6. The van der Waals surface area contributed by atoms with Crippen LogP contribution in [-0.4, -0.2) is 0 Å². The van der Waals surface area contributed by atoms with E-state index in [4.69, 9.17) is 23.2 Å². The Morgan fingerprint density at radius 1 is 1.10 bits per heavy atom. The summed E-state index contributed by atoms with van der Waals surface area (Å²) in [5.74, 6) is -0.447. The van der Waals surface area contributed by atoms with E-state index in [9.17, 15) is 4.39 Å². The molecule has 0 saturated heterocycles. The fraction of sp³-hybridized carbons (Fsp3) is 0.294. The maximum Gasteiger partial charge on any atom is 0.142 e. The molecule has 0 aliphatic rings. The SMILES string of the molecule is CCC(NC(C)c1cc(F)c(Cl)cc1Cl)c1ccccc1. The highest BCUT2D eigenvalue weighted by atomic mass is 35.5. The van der Waals surface area contributed by atoms with Crippen LogP contribution in [0.25, 0.3) is 0 Å². The number of hydrogen-bond acceptors (Lipinski definition) is 1.